The van der Waals surface area contributed by atoms with E-state index in [1.165, 1.54) is 6.07 Å². The number of nitrogens with two attached hydrogens (primary N) is 1. The van der Waals surface area contributed by atoms with Crippen LogP contribution in [0, 0.1) is 0 Å². The Morgan fingerprint density at radius 2 is 2.10 bits per heavy atom. The van der Waals surface area contributed by atoms with Gasteiger partial charge < -0.3 is 15.6 Å². The Hall–Kier alpha value is -1.61. The summed E-state index contributed by atoms with van der Waals surface area (Å²) in [6.45, 7) is 4.78. The standard InChI is InChI=1S/C12H19F3N6/c1-2-21-5-3-4-8(7-21)17-9-6-10(20-16)19-11(18-9)12(13,14)15/h6,8H,2-5,7,16H2,1H3,(H2,17,18,19,20). The molecule has 118 valence electrons. The number of anilines is 2. The summed E-state index contributed by atoms with van der Waals surface area (Å²) in [4.78, 5) is 9.11. The first-order valence-electron chi connectivity index (χ1n) is 6.84. The predicted octanol–water partition coefficient (Wildman–Crippen LogP) is 1.68. The minimum absolute atomic E-state index is 0.0667. The van der Waals surface area contributed by atoms with Crippen LogP contribution in [0.1, 0.15) is 25.6 Å². The van der Waals surface area contributed by atoms with Gasteiger partial charge in [-0.3, -0.25) is 0 Å². The molecule has 0 aliphatic carbocycles. The number of piperidine rings is 1. The van der Waals surface area contributed by atoms with Gasteiger partial charge in [0, 0.05) is 18.7 Å². The molecule has 1 aliphatic rings. The van der Waals surface area contributed by atoms with E-state index in [-0.39, 0.29) is 17.7 Å². The average molecular weight is 304 g/mol. The SMILES string of the molecule is CCN1CCCC(Nc2cc(NN)nc(C(F)(F)F)n2)C1. The lowest BCUT2D eigenvalue weighted by Gasteiger charge is -2.32. The fourth-order valence-corrected chi connectivity index (χ4v) is 2.39. The van der Waals surface area contributed by atoms with Gasteiger partial charge in [0.15, 0.2) is 0 Å². The highest BCUT2D eigenvalue weighted by Gasteiger charge is 2.35. The number of halogens is 3. The van der Waals surface area contributed by atoms with Gasteiger partial charge in [-0.2, -0.15) is 13.2 Å². The highest BCUT2D eigenvalue weighted by Crippen LogP contribution is 2.28. The van der Waals surface area contributed by atoms with E-state index in [2.05, 4.69) is 32.5 Å². The van der Waals surface area contributed by atoms with Gasteiger partial charge in [0.1, 0.15) is 11.6 Å². The summed E-state index contributed by atoms with van der Waals surface area (Å²) in [6, 6.07) is 1.44. The number of nitrogens with zero attached hydrogens (tertiary/aromatic N) is 3. The maximum atomic E-state index is 12.7. The Morgan fingerprint density at radius 3 is 2.71 bits per heavy atom. The van der Waals surface area contributed by atoms with Crippen LogP contribution in [0.5, 0.6) is 0 Å². The van der Waals surface area contributed by atoms with Crippen LogP contribution < -0.4 is 16.6 Å². The molecule has 2 heterocycles. The third-order valence-corrected chi connectivity index (χ3v) is 3.43. The fraction of sp³-hybridized carbons (Fsp3) is 0.667. The molecular formula is C12H19F3N6. The average Bonchev–Trinajstić information content (AvgIpc) is 2.46. The highest BCUT2D eigenvalue weighted by molar-refractivity contribution is 5.47. The summed E-state index contributed by atoms with van der Waals surface area (Å²) < 4.78 is 38.2. The third-order valence-electron chi connectivity index (χ3n) is 3.43. The molecule has 1 saturated heterocycles. The van der Waals surface area contributed by atoms with E-state index in [0.717, 1.165) is 32.5 Å². The number of aromatic nitrogens is 2. The summed E-state index contributed by atoms with van der Waals surface area (Å²) >= 11 is 0. The van der Waals surface area contributed by atoms with Crippen molar-refractivity contribution < 1.29 is 13.2 Å². The van der Waals surface area contributed by atoms with E-state index in [0.29, 0.717) is 0 Å². The van der Waals surface area contributed by atoms with Crippen molar-refractivity contribution in [3.63, 3.8) is 0 Å². The van der Waals surface area contributed by atoms with Crippen LogP contribution in [-0.4, -0.2) is 40.5 Å². The molecule has 2 rings (SSSR count). The minimum Gasteiger partial charge on any atom is -0.366 e. The first-order valence-corrected chi connectivity index (χ1v) is 6.84. The number of hydrogen-bond acceptors (Lipinski definition) is 6. The van der Waals surface area contributed by atoms with Crippen molar-refractivity contribution in [1.82, 2.24) is 14.9 Å². The molecule has 4 N–H and O–H groups in total. The van der Waals surface area contributed by atoms with Crippen LogP contribution in [-0.2, 0) is 6.18 Å². The molecule has 0 bridgehead atoms. The van der Waals surface area contributed by atoms with Crippen molar-refractivity contribution in [3.8, 4) is 0 Å². The van der Waals surface area contributed by atoms with Gasteiger partial charge >= 0.3 is 6.18 Å². The molecule has 0 saturated carbocycles. The largest absolute Gasteiger partial charge is 0.451 e. The molecule has 1 atom stereocenters. The van der Waals surface area contributed by atoms with Crippen molar-refractivity contribution >= 4 is 11.6 Å². The van der Waals surface area contributed by atoms with Gasteiger partial charge in [-0.05, 0) is 25.9 Å². The Labute approximate surface area is 120 Å². The second-order valence-corrected chi connectivity index (χ2v) is 4.98. The van der Waals surface area contributed by atoms with Gasteiger partial charge in [-0.1, -0.05) is 6.92 Å². The zero-order chi connectivity index (χ0) is 15.5. The number of nitrogen functional groups attached to an aromatic ring is 1. The summed E-state index contributed by atoms with van der Waals surface area (Å²) in [5.74, 6) is 4.02. The Morgan fingerprint density at radius 1 is 1.38 bits per heavy atom. The Bertz CT molecular complexity index is 479. The zero-order valence-electron chi connectivity index (χ0n) is 11.7. The molecule has 0 aromatic carbocycles. The molecule has 21 heavy (non-hydrogen) atoms. The zero-order valence-corrected chi connectivity index (χ0v) is 11.7. The first kappa shape index (κ1) is 15.8. The topological polar surface area (TPSA) is 79.1 Å². The molecule has 0 radical (unpaired) electrons. The smallest absolute Gasteiger partial charge is 0.366 e. The molecule has 1 aromatic heterocycles. The summed E-state index contributed by atoms with van der Waals surface area (Å²) in [5, 5.41) is 3.04. The number of hydrogen-bond donors (Lipinski definition) is 3. The van der Waals surface area contributed by atoms with E-state index in [1.54, 1.807) is 0 Å². The second-order valence-electron chi connectivity index (χ2n) is 4.98. The van der Waals surface area contributed by atoms with E-state index in [4.69, 9.17) is 5.84 Å². The van der Waals surface area contributed by atoms with Crippen LogP contribution in [0.3, 0.4) is 0 Å². The molecule has 0 amide bonds. The first-order chi connectivity index (χ1) is 9.92. The van der Waals surface area contributed by atoms with Gasteiger partial charge in [0.2, 0.25) is 5.82 Å². The van der Waals surface area contributed by atoms with Crippen LogP contribution in [0.2, 0.25) is 0 Å². The predicted molar refractivity (Wildman–Crippen MR) is 73.6 cm³/mol. The van der Waals surface area contributed by atoms with E-state index < -0.39 is 12.0 Å². The summed E-state index contributed by atoms with van der Waals surface area (Å²) in [6.07, 6.45) is -2.71. The molecule has 1 aromatic rings. The molecule has 1 unspecified atom stereocenters. The van der Waals surface area contributed by atoms with E-state index in [1.807, 2.05) is 0 Å². The Balaban J connectivity index is 2.15. The lowest BCUT2D eigenvalue weighted by Crippen LogP contribution is -2.42. The molecule has 1 aliphatic heterocycles. The van der Waals surface area contributed by atoms with Crippen LogP contribution in [0.4, 0.5) is 24.8 Å². The van der Waals surface area contributed by atoms with Gasteiger partial charge in [-0.25, -0.2) is 15.8 Å². The van der Waals surface area contributed by atoms with E-state index >= 15 is 0 Å². The van der Waals surface area contributed by atoms with Crippen molar-refractivity contribution in [2.24, 2.45) is 5.84 Å². The number of rotatable bonds is 4. The van der Waals surface area contributed by atoms with Crippen molar-refractivity contribution in [2.45, 2.75) is 32.0 Å². The Kier molecular flexibility index (Phi) is 4.84. The van der Waals surface area contributed by atoms with Crippen molar-refractivity contribution in [3.05, 3.63) is 11.9 Å². The van der Waals surface area contributed by atoms with Crippen molar-refractivity contribution in [1.29, 1.82) is 0 Å². The molecule has 6 nitrogen and oxygen atoms in total. The number of hydrazine groups is 1. The number of likely N-dealkylation sites (N-methyl/N-ethyl adjacent to an activating group) is 1. The van der Waals surface area contributed by atoms with Gasteiger partial charge in [0.25, 0.3) is 0 Å². The summed E-state index contributed by atoms with van der Waals surface area (Å²) in [7, 11) is 0. The quantitative estimate of drug-likeness (QED) is 0.580. The van der Waals surface area contributed by atoms with Gasteiger partial charge in [0.05, 0.1) is 0 Å². The van der Waals surface area contributed by atoms with Crippen LogP contribution in [0.15, 0.2) is 6.07 Å². The molecular weight excluding hydrogens is 285 g/mol. The maximum absolute atomic E-state index is 12.7. The third kappa shape index (κ3) is 4.18. The normalized spacial score (nSPS) is 20.3. The lowest BCUT2D eigenvalue weighted by molar-refractivity contribution is -0.144. The monoisotopic (exact) mass is 304 g/mol. The number of alkyl halides is 3. The van der Waals surface area contributed by atoms with Crippen LogP contribution >= 0.6 is 0 Å². The number of likely N-dealkylation sites (tertiary alicyclic amines) is 1. The van der Waals surface area contributed by atoms with Gasteiger partial charge in [-0.15, -0.1) is 0 Å². The minimum atomic E-state index is -4.61. The summed E-state index contributed by atoms with van der Waals surface area (Å²) in [5.41, 5.74) is 2.14. The highest BCUT2D eigenvalue weighted by atomic mass is 19.4. The molecule has 0 spiro atoms. The van der Waals surface area contributed by atoms with E-state index in [9.17, 15) is 13.2 Å². The van der Waals surface area contributed by atoms with Crippen molar-refractivity contribution in [2.75, 3.05) is 30.4 Å². The number of nitrogens with one attached hydrogen (secondary N) is 2. The fourth-order valence-electron chi connectivity index (χ4n) is 2.39. The second kappa shape index (κ2) is 6.44. The lowest BCUT2D eigenvalue weighted by atomic mass is 10.1. The molecule has 9 heteroatoms. The van der Waals surface area contributed by atoms with Crippen LogP contribution in [0.25, 0.3) is 0 Å². The molecule has 1 fully saturated rings. The maximum Gasteiger partial charge on any atom is 0.451 e.